The van der Waals surface area contributed by atoms with E-state index >= 15 is 0 Å². The fraction of sp³-hybridized carbons (Fsp3) is 0.0769. The van der Waals surface area contributed by atoms with E-state index in [0.29, 0.717) is 10.6 Å². The molecule has 1 aromatic carbocycles. The molecule has 0 atom stereocenters. The van der Waals surface area contributed by atoms with Gasteiger partial charge in [0.15, 0.2) is 0 Å². The van der Waals surface area contributed by atoms with Crippen LogP contribution < -0.4 is 11.2 Å². The van der Waals surface area contributed by atoms with E-state index in [-0.39, 0.29) is 12.1 Å². The summed E-state index contributed by atoms with van der Waals surface area (Å²) in [7, 11) is 0. The van der Waals surface area contributed by atoms with E-state index in [4.69, 9.17) is 18.0 Å². The van der Waals surface area contributed by atoms with Gasteiger partial charge in [-0.25, -0.2) is 4.79 Å². The van der Waals surface area contributed by atoms with Crippen LogP contribution in [0.15, 0.2) is 33.9 Å². The number of terminal acetylenes is 1. The van der Waals surface area contributed by atoms with Gasteiger partial charge < -0.3 is 5.11 Å². The number of benzene rings is 1. The van der Waals surface area contributed by atoms with Crippen molar-refractivity contribution in [1.29, 1.82) is 0 Å². The lowest BCUT2D eigenvalue weighted by Gasteiger charge is -2.09. The highest BCUT2D eigenvalue weighted by Crippen LogP contribution is 2.25. The molecule has 0 unspecified atom stereocenters. The van der Waals surface area contributed by atoms with Gasteiger partial charge in [-0.05, 0) is 17.7 Å². The smallest absolute Gasteiger partial charge is 0.332 e. The summed E-state index contributed by atoms with van der Waals surface area (Å²) >= 11 is 5.84. The molecule has 0 fully saturated rings. The molecular formula is C13H9ClN2O3. The van der Waals surface area contributed by atoms with Crippen molar-refractivity contribution in [1.82, 2.24) is 9.55 Å². The number of halogens is 1. The van der Waals surface area contributed by atoms with Crippen LogP contribution in [-0.4, -0.2) is 14.7 Å². The Morgan fingerprint density at radius 2 is 2.16 bits per heavy atom. The van der Waals surface area contributed by atoms with E-state index < -0.39 is 17.1 Å². The SMILES string of the molecule is C#CCn1c(O)c(-c2cccc(Cl)c2)c(=O)[nH]c1=O. The summed E-state index contributed by atoms with van der Waals surface area (Å²) in [5, 5.41) is 10.4. The highest BCUT2D eigenvalue weighted by Gasteiger charge is 2.15. The summed E-state index contributed by atoms with van der Waals surface area (Å²) in [5.41, 5.74) is -1.10. The van der Waals surface area contributed by atoms with Gasteiger partial charge in [0.1, 0.15) is 5.56 Å². The fourth-order valence-corrected chi connectivity index (χ4v) is 1.89. The van der Waals surface area contributed by atoms with Gasteiger partial charge in [-0.3, -0.25) is 14.3 Å². The van der Waals surface area contributed by atoms with E-state index in [9.17, 15) is 14.7 Å². The van der Waals surface area contributed by atoms with Crippen molar-refractivity contribution in [2.24, 2.45) is 0 Å². The van der Waals surface area contributed by atoms with Crippen LogP contribution in [0.25, 0.3) is 11.1 Å². The topological polar surface area (TPSA) is 75.1 Å². The Kier molecular flexibility index (Phi) is 3.45. The van der Waals surface area contributed by atoms with Crippen LogP contribution in [0, 0.1) is 12.3 Å². The average molecular weight is 277 g/mol. The third-order valence-corrected chi connectivity index (χ3v) is 2.77. The second kappa shape index (κ2) is 5.04. The number of nitrogens with one attached hydrogen (secondary N) is 1. The Labute approximate surface area is 113 Å². The van der Waals surface area contributed by atoms with Crippen molar-refractivity contribution in [3.8, 4) is 29.4 Å². The van der Waals surface area contributed by atoms with Gasteiger partial charge in [0, 0.05) is 5.02 Å². The molecule has 1 heterocycles. The predicted octanol–water partition coefficient (Wildman–Crippen LogP) is 1.20. The largest absolute Gasteiger partial charge is 0.494 e. The number of H-pyrrole nitrogens is 1. The lowest BCUT2D eigenvalue weighted by atomic mass is 10.1. The molecular weight excluding hydrogens is 268 g/mol. The van der Waals surface area contributed by atoms with Crippen LogP contribution in [0.5, 0.6) is 5.88 Å². The zero-order chi connectivity index (χ0) is 14.0. The molecule has 0 bridgehead atoms. The van der Waals surface area contributed by atoms with E-state index in [1.54, 1.807) is 18.2 Å². The molecule has 0 aliphatic rings. The summed E-state index contributed by atoms with van der Waals surface area (Å²) in [6.45, 7) is -0.144. The van der Waals surface area contributed by atoms with Crippen LogP contribution in [0.2, 0.25) is 5.02 Å². The van der Waals surface area contributed by atoms with Gasteiger partial charge >= 0.3 is 5.69 Å². The van der Waals surface area contributed by atoms with Gasteiger partial charge in [0.25, 0.3) is 5.56 Å². The lowest BCUT2D eigenvalue weighted by Crippen LogP contribution is -2.30. The molecule has 5 nitrogen and oxygen atoms in total. The minimum absolute atomic E-state index is 0.0441. The molecule has 0 saturated carbocycles. The minimum Gasteiger partial charge on any atom is -0.494 e. The Hall–Kier alpha value is -2.45. The minimum atomic E-state index is -0.758. The Balaban J connectivity index is 2.78. The van der Waals surface area contributed by atoms with Gasteiger partial charge in [-0.15, -0.1) is 6.42 Å². The maximum absolute atomic E-state index is 11.8. The first-order valence-electron chi connectivity index (χ1n) is 5.30. The zero-order valence-corrected chi connectivity index (χ0v) is 10.4. The van der Waals surface area contributed by atoms with Crippen LogP contribution in [-0.2, 0) is 6.54 Å². The van der Waals surface area contributed by atoms with Crippen molar-refractivity contribution in [3.63, 3.8) is 0 Å². The second-order valence-electron chi connectivity index (χ2n) is 3.76. The summed E-state index contributed by atoms with van der Waals surface area (Å²) in [6.07, 6.45) is 5.12. The first-order valence-corrected chi connectivity index (χ1v) is 5.68. The van der Waals surface area contributed by atoms with E-state index in [0.717, 1.165) is 4.57 Å². The maximum Gasteiger partial charge on any atom is 0.332 e. The molecule has 0 aliphatic carbocycles. The molecule has 0 aliphatic heterocycles. The molecule has 2 N–H and O–H groups in total. The molecule has 2 aromatic rings. The molecule has 1 aromatic heterocycles. The van der Waals surface area contributed by atoms with Crippen molar-refractivity contribution in [3.05, 3.63) is 50.1 Å². The molecule has 96 valence electrons. The molecule has 0 spiro atoms. The van der Waals surface area contributed by atoms with Crippen molar-refractivity contribution < 1.29 is 5.11 Å². The molecule has 0 saturated heterocycles. The highest BCUT2D eigenvalue weighted by atomic mass is 35.5. The molecule has 6 heteroatoms. The van der Waals surface area contributed by atoms with Crippen LogP contribution in [0.4, 0.5) is 0 Å². The summed E-state index contributed by atoms with van der Waals surface area (Å²) in [5.74, 6) is 1.75. The average Bonchev–Trinajstić information content (AvgIpc) is 2.34. The standard InChI is InChI=1S/C13H9ClN2O3/c1-2-6-16-12(18)10(11(17)15-13(16)19)8-4-3-5-9(14)7-8/h1,3-5,7,18H,6H2,(H,15,17,19). The van der Waals surface area contributed by atoms with E-state index in [1.807, 2.05) is 0 Å². The monoisotopic (exact) mass is 276 g/mol. The molecule has 0 amide bonds. The number of nitrogens with zero attached hydrogens (tertiary/aromatic N) is 1. The van der Waals surface area contributed by atoms with Crippen molar-refractivity contribution in [2.45, 2.75) is 6.54 Å². The quantitative estimate of drug-likeness (QED) is 0.809. The first-order chi connectivity index (χ1) is 9.04. The van der Waals surface area contributed by atoms with Gasteiger partial charge in [0.05, 0.1) is 6.54 Å². The molecule has 2 rings (SSSR count). The van der Waals surface area contributed by atoms with Crippen LogP contribution in [0.1, 0.15) is 0 Å². The number of hydrogen-bond donors (Lipinski definition) is 2. The normalized spacial score (nSPS) is 10.1. The number of aromatic nitrogens is 2. The Bertz CT molecular complexity index is 784. The van der Waals surface area contributed by atoms with Crippen LogP contribution >= 0.6 is 11.6 Å². The summed E-state index contributed by atoms with van der Waals surface area (Å²) in [4.78, 5) is 25.4. The molecule has 19 heavy (non-hydrogen) atoms. The van der Waals surface area contributed by atoms with Crippen LogP contribution in [0.3, 0.4) is 0 Å². The van der Waals surface area contributed by atoms with E-state index in [1.165, 1.54) is 6.07 Å². The number of rotatable bonds is 2. The molecule has 0 radical (unpaired) electrons. The number of aromatic amines is 1. The number of hydrogen-bond acceptors (Lipinski definition) is 3. The van der Waals surface area contributed by atoms with Gasteiger partial charge in [0.2, 0.25) is 5.88 Å². The number of aromatic hydroxyl groups is 1. The third-order valence-electron chi connectivity index (χ3n) is 2.53. The summed E-state index contributed by atoms with van der Waals surface area (Å²) < 4.78 is 0.900. The third kappa shape index (κ3) is 2.39. The first kappa shape index (κ1) is 13.0. The Morgan fingerprint density at radius 1 is 1.42 bits per heavy atom. The highest BCUT2D eigenvalue weighted by molar-refractivity contribution is 6.30. The van der Waals surface area contributed by atoms with Crippen molar-refractivity contribution in [2.75, 3.05) is 0 Å². The lowest BCUT2D eigenvalue weighted by molar-refractivity contribution is 0.415. The van der Waals surface area contributed by atoms with Gasteiger partial charge in [-0.1, -0.05) is 29.7 Å². The van der Waals surface area contributed by atoms with Crippen molar-refractivity contribution >= 4 is 11.6 Å². The van der Waals surface area contributed by atoms with Gasteiger partial charge in [-0.2, -0.15) is 0 Å². The van der Waals surface area contributed by atoms with E-state index in [2.05, 4.69) is 10.9 Å². The fourth-order valence-electron chi connectivity index (χ4n) is 1.70. The predicted molar refractivity (Wildman–Crippen MR) is 72.3 cm³/mol. The summed E-state index contributed by atoms with van der Waals surface area (Å²) in [6, 6.07) is 6.37. The zero-order valence-electron chi connectivity index (χ0n) is 9.68. The Morgan fingerprint density at radius 3 is 2.79 bits per heavy atom. The maximum atomic E-state index is 11.8. The second-order valence-corrected chi connectivity index (χ2v) is 4.19.